The van der Waals surface area contributed by atoms with Crippen LogP contribution in [0.25, 0.3) is 10.6 Å². The van der Waals surface area contributed by atoms with Crippen molar-refractivity contribution in [3.05, 3.63) is 99.2 Å². The third-order valence-electron chi connectivity index (χ3n) is 4.55. The van der Waals surface area contributed by atoms with Crippen molar-refractivity contribution in [1.82, 2.24) is 10.3 Å². The van der Waals surface area contributed by atoms with Gasteiger partial charge in [0.1, 0.15) is 5.01 Å². The summed E-state index contributed by atoms with van der Waals surface area (Å²) in [4.78, 5) is 16.8. The zero-order chi connectivity index (χ0) is 20.6. The molecular formula is C24H22N2O2S2. The van der Waals surface area contributed by atoms with Crippen LogP contribution < -0.4 is 5.32 Å². The molecule has 0 bridgehead atoms. The van der Waals surface area contributed by atoms with Crippen LogP contribution in [0.15, 0.2) is 76.8 Å². The average molecular weight is 435 g/mol. The van der Waals surface area contributed by atoms with Gasteiger partial charge in [-0.2, -0.15) is 11.3 Å². The molecule has 4 nitrogen and oxygen atoms in total. The summed E-state index contributed by atoms with van der Waals surface area (Å²) in [6.07, 6.45) is 0.298. The van der Waals surface area contributed by atoms with Gasteiger partial charge < -0.3 is 10.1 Å². The predicted molar refractivity (Wildman–Crippen MR) is 122 cm³/mol. The summed E-state index contributed by atoms with van der Waals surface area (Å²) in [7, 11) is 0. The molecule has 4 aromatic rings. The Morgan fingerprint density at radius 1 is 0.900 bits per heavy atom. The first-order valence-electron chi connectivity index (χ1n) is 9.69. The molecule has 152 valence electrons. The van der Waals surface area contributed by atoms with Crippen LogP contribution in [-0.4, -0.2) is 10.9 Å². The van der Waals surface area contributed by atoms with Gasteiger partial charge in [0, 0.05) is 22.9 Å². The number of carbonyl (C=O) groups excluding carboxylic acids is 1. The summed E-state index contributed by atoms with van der Waals surface area (Å²) in [5, 5.41) is 9.99. The van der Waals surface area contributed by atoms with E-state index in [4.69, 9.17) is 4.74 Å². The highest BCUT2D eigenvalue weighted by molar-refractivity contribution is 7.14. The Balaban J connectivity index is 1.20. The number of hydrogen-bond donors (Lipinski definition) is 1. The van der Waals surface area contributed by atoms with Gasteiger partial charge in [-0.05, 0) is 28.1 Å². The summed E-state index contributed by atoms with van der Waals surface area (Å²) < 4.78 is 5.76. The molecule has 1 N–H and O–H groups in total. The number of carbonyl (C=O) groups is 1. The van der Waals surface area contributed by atoms with Gasteiger partial charge in [0.05, 0.1) is 25.3 Å². The molecule has 2 aromatic heterocycles. The minimum Gasteiger partial charge on any atom is -0.372 e. The molecule has 0 aliphatic heterocycles. The third kappa shape index (κ3) is 5.86. The minimum atomic E-state index is -0.0209. The van der Waals surface area contributed by atoms with Crippen LogP contribution in [0.2, 0.25) is 0 Å². The fourth-order valence-electron chi connectivity index (χ4n) is 2.95. The Morgan fingerprint density at radius 2 is 1.63 bits per heavy atom. The molecule has 30 heavy (non-hydrogen) atoms. The number of nitrogens with one attached hydrogen (secondary N) is 1. The fraction of sp³-hybridized carbons (Fsp3) is 0.167. The quantitative estimate of drug-likeness (QED) is 0.381. The lowest BCUT2D eigenvalue weighted by Gasteiger charge is -2.07. The van der Waals surface area contributed by atoms with E-state index >= 15 is 0 Å². The maximum Gasteiger partial charge on any atom is 0.226 e. The summed E-state index contributed by atoms with van der Waals surface area (Å²) in [5.41, 5.74) is 5.27. The Hall–Kier alpha value is -2.80. The van der Waals surface area contributed by atoms with E-state index in [1.165, 1.54) is 5.56 Å². The number of amides is 1. The molecule has 0 spiro atoms. The summed E-state index contributed by atoms with van der Waals surface area (Å²) in [6.45, 7) is 1.67. The largest absolute Gasteiger partial charge is 0.372 e. The van der Waals surface area contributed by atoms with Crippen LogP contribution >= 0.6 is 22.7 Å². The summed E-state index contributed by atoms with van der Waals surface area (Å²) in [6, 6.07) is 20.3. The highest BCUT2D eigenvalue weighted by Crippen LogP contribution is 2.25. The molecule has 0 unspecified atom stereocenters. The van der Waals surface area contributed by atoms with Crippen molar-refractivity contribution in [3.63, 3.8) is 0 Å². The Labute approximate surface area is 184 Å². The second kappa shape index (κ2) is 10.3. The number of benzene rings is 2. The van der Waals surface area contributed by atoms with Crippen molar-refractivity contribution in [3.8, 4) is 10.6 Å². The van der Waals surface area contributed by atoms with E-state index < -0.39 is 0 Å². The maximum absolute atomic E-state index is 12.3. The molecule has 1 amide bonds. The van der Waals surface area contributed by atoms with Gasteiger partial charge >= 0.3 is 0 Å². The van der Waals surface area contributed by atoms with Crippen molar-refractivity contribution in [2.24, 2.45) is 0 Å². The van der Waals surface area contributed by atoms with Crippen LogP contribution in [0.3, 0.4) is 0 Å². The van der Waals surface area contributed by atoms with Gasteiger partial charge in [-0.15, -0.1) is 11.3 Å². The zero-order valence-electron chi connectivity index (χ0n) is 16.4. The molecule has 0 aliphatic carbocycles. The number of nitrogens with zero attached hydrogens (tertiary/aromatic N) is 1. The molecule has 2 aromatic carbocycles. The molecular weight excluding hydrogens is 412 g/mol. The Kier molecular flexibility index (Phi) is 7.03. The van der Waals surface area contributed by atoms with Gasteiger partial charge in [0.25, 0.3) is 0 Å². The van der Waals surface area contributed by atoms with Crippen molar-refractivity contribution < 1.29 is 9.53 Å². The Morgan fingerprint density at radius 3 is 2.37 bits per heavy atom. The highest BCUT2D eigenvalue weighted by Gasteiger charge is 2.09. The van der Waals surface area contributed by atoms with E-state index in [1.54, 1.807) is 22.7 Å². The predicted octanol–water partition coefficient (Wildman–Crippen LogP) is 5.45. The topological polar surface area (TPSA) is 51.2 Å². The number of hydrogen-bond acceptors (Lipinski definition) is 5. The smallest absolute Gasteiger partial charge is 0.226 e. The first-order chi connectivity index (χ1) is 14.8. The second-order valence-corrected chi connectivity index (χ2v) is 8.54. The number of thiophene rings is 1. The molecule has 0 radical (unpaired) electrons. The number of rotatable bonds is 9. The molecule has 2 heterocycles. The molecule has 0 saturated carbocycles. The molecule has 0 aliphatic rings. The highest BCUT2D eigenvalue weighted by atomic mass is 32.1. The lowest BCUT2D eigenvalue weighted by molar-refractivity contribution is -0.120. The van der Waals surface area contributed by atoms with Crippen molar-refractivity contribution >= 4 is 28.6 Å². The van der Waals surface area contributed by atoms with Gasteiger partial charge in [-0.3, -0.25) is 4.79 Å². The molecule has 0 fully saturated rings. The van der Waals surface area contributed by atoms with Crippen molar-refractivity contribution in [2.75, 3.05) is 0 Å². The van der Waals surface area contributed by atoms with Crippen LogP contribution in [-0.2, 0) is 35.7 Å². The van der Waals surface area contributed by atoms with Crippen LogP contribution in [0, 0.1) is 0 Å². The fourth-order valence-corrected chi connectivity index (χ4v) is 4.48. The maximum atomic E-state index is 12.3. The number of thiazole rings is 1. The summed E-state index contributed by atoms with van der Waals surface area (Å²) in [5.74, 6) is -0.0209. The monoisotopic (exact) mass is 434 g/mol. The van der Waals surface area contributed by atoms with Gasteiger partial charge in [-0.1, -0.05) is 54.6 Å². The zero-order valence-corrected chi connectivity index (χ0v) is 18.0. The van der Waals surface area contributed by atoms with E-state index in [0.29, 0.717) is 26.2 Å². The molecule has 0 atom stereocenters. The van der Waals surface area contributed by atoms with E-state index in [9.17, 15) is 4.79 Å². The third-order valence-corrected chi connectivity index (χ3v) is 6.18. The number of ether oxygens (including phenoxy) is 1. The normalized spacial score (nSPS) is 10.8. The van der Waals surface area contributed by atoms with Crippen molar-refractivity contribution in [2.45, 2.75) is 26.2 Å². The molecule has 6 heteroatoms. The average Bonchev–Trinajstić information content (AvgIpc) is 3.46. The van der Waals surface area contributed by atoms with E-state index in [1.807, 2.05) is 59.3 Å². The SMILES string of the molecule is O=C(Cc1csc(-c2ccsc2)n1)NCc1ccc(COCc2ccccc2)cc1. The van der Waals surface area contributed by atoms with Crippen LogP contribution in [0.4, 0.5) is 0 Å². The van der Waals surface area contributed by atoms with Crippen LogP contribution in [0.5, 0.6) is 0 Å². The van der Waals surface area contributed by atoms with Crippen molar-refractivity contribution in [1.29, 1.82) is 0 Å². The van der Waals surface area contributed by atoms with E-state index in [2.05, 4.69) is 27.8 Å². The lowest BCUT2D eigenvalue weighted by Crippen LogP contribution is -2.24. The van der Waals surface area contributed by atoms with E-state index in [0.717, 1.165) is 27.4 Å². The first-order valence-corrected chi connectivity index (χ1v) is 11.5. The first kappa shape index (κ1) is 20.5. The lowest BCUT2D eigenvalue weighted by atomic mass is 10.1. The molecule has 0 saturated heterocycles. The van der Waals surface area contributed by atoms with Crippen LogP contribution in [0.1, 0.15) is 22.4 Å². The second-order valence-electron chi connectivity index (χ2n) is 6.90. The van der Waals surface area contributed by atoms with E-state index in [-0.39, 0.29) is 5.91 Å². The van der Waals surface area contributed by atoms with Gasteiger partial charge in [0.15, 0.2) is 0 Å². The Bertz CT molecular complexity index is 1060. The molecule has 4 rings (SSSR count). The number of aromatic nitrogens is 1. The standard InChI is InChI=1S/C24H22N2O2S2/c27-23(12-22-17-30-24(26-22)21-10-11-29-16-21)25-13-18-6-8-20(9-7-18)15-28-14-19-4-2-1-3-5-19/h1-11,16-17H,12-15H2,(H,25,27). The summed E-state index contributed by atoms with van der Waals surface area (Å²) >= 11 is 3.22. The minimum absolute atomic E-state index is 0.0209. The van der Waals surface area contributed by atoms with Gasteiger partial charge in [0.2, 0.25) is 5.91 Å². The van der Waals surface area contributed by atoms with Gasteiger partial charge in [-0.25, -0.2) is 4.98 Å².